The molecular formula is C13H18N2O3. The van der Waals surface area contributed by atoms with Crippen LogP contribution in [0.2, 0.25) is 0 Å². The maximum Gasteiger partial charge on any atom is 0.273 e. The molecule has 2 saturated carbocycles. The Bertz CT molecular complexity index is 431. The summed E-state index contributed by atoms with van der Waals surface area (Å²) in [5, 5.41) is 16.2. The zero-order valence-electron chi connectivity index (χ0n) is 10.3. The first-order chi connectivity index (χ1) is 8.72. The average Bonchev–Trinajstić information content (AvgIpc) is 3.10. The first-order valence-electron chi connectivity index (χ1n) is 6.68. The van der Waals surface area contributed by atoms with Crippen LogP contribution in [-0.4, -0.2) is 28.3 Å². The summed E-state index contributed by atoms with van der Waals surface area (Å²) in [5.74, 6) is 1.15. The molecule has 1 aromatic rings. The number of hydrogen-bond donors (Lipinski definition) is 2. The molecule has 0 saturated heterocycles. The van der Waals surface area contributed by atoms with Crippen molar-refractivity contribution in [2.75, 3.05) is 0 Å². The van der Waals surface area contributed by atoms with E-state index in [2.05, 4.69) is 10.5 Å². The summed E-state index contributed by atoms with van der Waals surface area (Å²) in [5.41, 5.74) is 0.378. The van der Waals surface area contributed by atoms with Gasteiger partial charge in [-0.05, 0) is 38.5 Å². The van der Waals surface area contributed by atoms with Crippen LogP contribution in [0, 0.1) is 0 Å². The lowest BCUT2D eigenvalue weighted by Crippen LogP contribution is -2.38. The van der Waals surface area contributed by atoms with Crippen molar-refractivity contribution in [3.8, 4) is 0 Å². The van der Waals surface area contributed by atoms with Crippen molar-refractivity contribution in [2.24, 2.45) is 0 Å². The lowest BCUT2D eigenvalue weighted by molar-refractivity contribution is 0.0859. The van der Waals surface area contributed by atoms with Gasteiger partial charge in [-0.15, -0.1) is 0 Å². The van der Waals surface area contributed by atoms with Gasteiger partial charge in [-0.2, -0.15) is 0 Å². The lowest BCUT2D eigenvalue weighted by Gasteiger charge is -2.25. The molecule has 0 atom stereocenters. The van der Waals surface area contributed by atoms with Gasteiger partial charge in [0.1, 0.15) is 5.76 Å². The summed E-state index contributed by atoms with van der Waals surface area (Å²) in [6.07, 6.45) is 5.26. The van der Waals surface area contributed by atoms with Gasteiger partial charge in [-0.25, -0.2) is 0 Å². The third-order valence-electron chi connectivity index (χ3n) is 3.77. The summed E-state index contributed by atoms with van der Waals surface area (Å²) in [6.45, 7) is 0. The van der Waals surface area contributed by atoms with Gasteiger partial charge in [0.25, 0.3) is 5.91 Å². The van der Waals surface area contributed by atoms with E-state index in [1.54, 1.807) is 6.07 Å². The van der Waals surface area contributed by atoms with Crippen molar-refractivity contribution in [2.45, 2.75) is 56.6 Å². The van der Waals surface area contributed by atoms with E-state index < -0.39 is 0 Å². The number of hydrogen-bond acceptors (Lipinski definition) is 4. The number of aromatic nitrogens is 1. The molecule has 3 rings (SSSR count). The Kier molecular flexibility index (Phi) is 3.07. The van der Waals surface area contributed by atoms with Gasteiger partial charge in [0.2, 0.25) is 0 Å². The minimum atomic E-state index is -0.202. The molecule has 5 nitrogen and oxygen atoms in total. The molecule has 2 aliphatic rings. The molecular weight excluding hydrogens is 232 g/mol. The lowest BCUT2D eigenvalue weighted by atomic mass is 9.93. The van der Waals surface area contributed by atoms with Gasteiger partial charge >= 0.3 is 0 Å². The number of amides is 1. The third-order valence-corrected chi connectivity index (χ3v) is 3.77. The van der Waals surface area contributed by atoms with Crippen LogP contribution < -0.4 is 5.32 Å². The summed E-state index contributed by atoms with van der Waals surface area (Å²) in [6, 6.07) is 1.91. The second kappa shape index (κ2) is 4.72. The molecule has 0 aromatic carbocycles. The van der Waals surface area contributed by atoms with Crippen LogP contribution in [0.25, 0.3) is 0 Å². The number of carbonyl (C=O) groups is 1. The number of nitrogens with one attached hydrogen (secondary N) is 1. The Balaban J connectivity index is 1.56. The summed E-state index contributed by atoms with van der Waals surface area (Å²) < 4.78 is 5.17. The highest BCUT2D eigenvalue weighted by Gasteiger charge is 2.29. The number of aliphatic hydroxyl groups excluding tert-OH is 1. The van der Waals surface area contributed by atoms with Crippen molar-refractivity contribution in [1.29, 1.82) is 0 Å². The second-order valence-corrected chi connectivity index (χ2v) is 5.37. The van der Waals surface area contributed by atoms with Crippen molar-refractivity contribution in [3.05, 3.63) is 17.5 Å². The molecule has 2 N–H and O–H groups in total. The highest BCUT2D eigenvalue weighted by atomic mass is 16.5. The van der Waals surface area contributed by atoms with Crippen LogP contribution in [0.15, 0.2) is 10.6 Å². The summed E-state index contributed by atoms with van der Waals surface area (Å²) in [4.78, 5) is 12.0. The predicted molar refractivity (Wildman–Crippen MR) is 64.2 cm³/mol. The molecule has 5 heteroatoms. The summed E-state index contributed by atoms with van der Waals surface area (Å²) in [7, 11) is 0. The predicted octanol–water partition coefficient (Wildman–Crippen LogP) is 1.59. The van der Waals surface area contributed by atoms with Crippen LogP contribution in [0.5, 0.6) is 0 Å². The van der Waals surface area contributed by atoms with Crippen LogP contribution in [-0.2, 0) is 0 Å². The molecule has 18 heavy (non-hydrogen) atoms. The largest absolute Gasteiger partial charge is 0.393 e. The summed E-state index contributed by atoms with van der Waals surface area (Å²) >= 11 is 0. The van der Waals surface area contributed by atoms with Gasteiger partial charge in [0.15, 0.2) is 5.69 Å². The van der Waals surface area contributed by atoms with Gasteiger partial charge in [0, 0.05) is 18.0 Å². The molecule has 1 heterocycles. The van der Waals surface area contributed by atoms with E-state index in [1.165, 1.54) is 0 Å². The van der Waals surface area contributed by atoms with E-state index in [4.69, 9.17) is 4.52 Å². The minimum Gasteiger partial charge on any atom is -0.393 e. The Morgan fingerprint density at radius 2 is 2.00 bits per heavy atom. The average molecular weight is 250 g/mol. The standard InChI is InChI=1S/C13H18N2O3/c16-10-5-3-9(4-6-10)14-13(17)11-7-12(18-15-11)8-1-2-8/h7-10,16H,1-6H2,(H,14,17). The highest BCUT2D eigenvalue weighted by Crippen LogP contribution is 2.40. The van der Waals surface area contributed by atoms with Crippen LogP contribution >= 0.6 is 0 Å². The molecule has 0 spiro atoms. The molecule has 0 aliphatic heterocycles. The highest BCUT2D eigenvalue weighted by molar-refractivity contribution is 5.92. The molecule has 1 aromatic heterocycles. The third kappa shape index (κ3) is 2.56. The quantitative estimate of drug-likeness (QED) is 0.854. The number of aliphatic hydroxyl groups is 1. The first kappa shape index (κ1) is 11.7. The van der Waals surface area contributed by atoms with E-state index in [1.807, 2.05) is 0 Å². The fourth-order valence-electron chi connectivity index (χ4n) is 2.44. The molecule has 2 aliphatic carbocycles. The van der Waals surface area contributed by atoms with E-state index >= 15 is 0 Å². The molecule has 0 radical (unpaired) electrons. The van der Waals surface area contributed by atoms with Crippen molar-refractivity contribution < 1.29 is 14.4 Å². The fourth-order valence-corrected chi connectivity index (χ4v) is 2.44. The van der Waals surface area contributed by atoms with E-state index in [0.717, 1.165) is 44.3 Å². The number of nitrogens with zero attached hydrogens (tertiary/aromatic N) is 1. The van der Waals surface area contributed by atoms with E-state index in [9.17, 15) is 9.90 Å². The van der Waals surface area contributed by atoms with Gasteiger partial charge in [-0.1, -0.05) is 5.16 Å². The van der Waals surface area contributed by atoms with Gasteiger partial charge < -0.3 is 14.9 Å². The molecule has 2 fully saturated rings. The van der Waals surface area contributed by atoms with Crippen LogP contribution in [0.3, 0.4) is 0 Å². The zero-order chi connectivity index (χ0) is 12.5. The smallest absolute Gasteiger partial charge is 0.273 e. The van der Waals surface area contributed by atoms with Gasteiger partial charge in [0.05, 0.1) is 6.10 Å². The SMILES string of the molecule is O=C(NC1CCC(O)CC1)c1cc(C2CC2)on1. The fraction of sp³-hybridized carbons (Fsp3) is 0.692. The van der Waals surface area contributed by atoms with Crippen LogP contribution in [0.1, 0.15) is 60.7 Å². The first-order valence-corrected chi connectivity index (χ1v) is 6.68. The topological polar surface area (TPSA) is 75.4 Å². The maximum absolute atomic E-state index is 12.0. The normalized spacial score (nSPS) is 28.1. The molecule has 98 valence electrons. The number of rotatable bonds is 3. The minimum absolute atomic E-state index is 0.155. The second-order valence-electron chi connectivity index (χ2n) is 5.37. The van der Waals surface area contributed by atoms with Crippen LogP contribution in [0.4, 0.5) is 0 Å². The Morgan fingerprint density at radius 1 is 1.28 bits per heavy atom. The van der Waals surface area contributed by atoms with Crippen molar-refractivity contribution in [1.82, 2.24) is 10.5 Å². The van der Waals surface area contributed by atoms with Gasteiger partial charge in [-0.3, -0.25) is 4.79 Å². The monoisotopic (exact) mass is 250 g/mol. The molecule has 0 unspecified atom stereocenters. The zero-order valence-corrected chi connectivity index (χ0v) is 10.3. The Labute approximate surface area is 106 Å². The van der Waals surface area contributed by atoms with Crippen molar-refractivity contribution in [3.63, 3.8) is 0 Å². The van der Waals surface area contributed by atoms with Crippen molar-refractivity contribution >= 4 is 5.91 Å². The molecule has 1 amide bonds. The Morgan fingerprint density at radius 3 is 2.67 bits per heavy atom. The number of carbonyl (C=O) groups excluding carboxylic acids is 1. The maximum atomic E-state index is 12.0. The Hall–Kier alpha value is -1.36. The van der Waals surface area contributed by atoms with E-state index in [0.29, 0.717) is 11.6 Å². The van der Waals surface area contributed by atoms with E-state index in [-0.39, 0.29) is 18.1 Å². The molecule has 0 bridgehead atoms.